The molecule has 0 fully saturated rings. The van der Waals surface area contributed by atoms with Crippen molar-refractivity contribution in [3.8, 4) is 5.75 Å². The molecular weight excluding hydrogens is 328 g/mol. The molecule has 0 amide bonds. The van der Waals surface area contributed by atoms with E-state index in [-0.39, 0.29) is 5.04 Å². The van der Waals surface area contributed by atoms with Crippen molar-refractivity contribution in [1.82, 2.24) is 0 Å². The standard InChI is InChI=1S/C21H30O3Si/c1-21(2,3)25(4,5)24-16-19(22)18-13-9-10-14-20(18)23-15-17-11-7-6-8-12-17/h6-14,19,22H,15-16H2,1-5H3. The van der Waals surface area contributed by atoms with Gasteiger partial charge in [0.2, 0.25) is 0 Å². The molecule has 25 heavy (non-hydrogen) atoms. The molecule has 0 spiro atoms. The number of aliphatic hydroxyl groups excluding tert-OH is 1. The van der Waals surface area contributed by atoms with Crippen LogP contribution in [0.1, 0.15) is 38.0 Å². The van der Waals surface area contributed by atoms with Gasteiger partial charge in [0.25, 0.3) is 0 Å². The molecule has 0 aliphatic carbocycles. The highest BCUT2D eigenvalue weighted by atomic mass is 28.4. The first-order valence-corrected chi connectivity index (χ1v) is 11.7. The normalized spacial score (nSPS) is 13.5. The molecule has 0 aliphatic heterocycles. The van der Waals surface area contributed by atoms with Gasteiger partial charge in [0.05, 0.1) is 6.61 Å². The SMILES string of the molecule is CC(C)(C)[Si](C)(C)OCC(O)c1ccccc1OCc1ccccc1. The van der Waals surface area contributed by atoms with Gasteiger partial charge in [0.15, 0.2) is 8.32 Å². The number of hydrogen-bond donors (Lipinski definition) is 1. The summed E-state index contributed by atoms with van der Waals surface area (Å²) in [4.78, 5) is 0. The lowest BCUT2D eigenvalue weighted by molar-refractivity contribution is 0.0969. The van der Waals surface area contributed by atoms with Gasteiger partial charge in [-0.25, -0.2) is 0 Å². The molecule has 0 saturated carbocycles. The van der Waals surface area contributed by atoms with Crippen LogP contribution in [-0.4, -0.2) is 20.0 Å². The van der Waals surface area contributed by atoms with Crippen molar-refractivity contribution < 1.29 is 14.3 Å². The summed E-state index contributed by atoms with van der Waals surface area (Å²) in [6, 6.07) is 17.7. The molecule has 4 heteroatoms. The Bertz CT molecular complexity index is 662. The molecule has 0 aliphatic rings. The molecule has 2 aromatic carbocycles. The van der Waals surface area contributed by atoms with Crippen molar-refractivity contribution in [2.75, 3.05) is 6.61 Å². The number of benzene rings is 2. The molecule has 0 heterocycles. The predicted octanol–water partition coefficient (Wildman–Crippen LogP) is 5.32. The Balaban J connectivity index is 2.04. The van der Waals surface area contributed by atoms with Crippen LogP contribution in [0.3, 0.4) is 0 Å². The van der Waals surface area contributed by atoms with Crippen molar-refractivity contribution in [2.24, 2.45) is 0 Å². The third-order valence-corrected chi connectivity index (χ3v) is 9.42. The van der Waals surface area contributed by atoms with Gasteiger partial charge in [-0.2, -0.15) is 0 Å². The van der Waals surface area contributed by atoms with Gasteiger partial charge in [0.1, 0.15) is 18.5 Å². The average Bonchev–Trinajstić information content (AvgIpc) is 2.58. The lowest BCUT2D eigenvalue weighted by Crippen LogP contribution is -2.41. The van der Waals surface area contributed by atoms with Crippen molar-refractivity contribution in [3.05, 3.63) is 65.7 Å². The minimum Gasteiger partial charge on any atom is -0.489 e. The lowest BCUT2D eigenvalue weighted by atomic mass is 10.1. The fraction of sp³-hybridized carbons (Fsp3) is 0.429. The first kappa shape index (κ1) is 19.7. The van der Waals surface area contributed by atoms with Gasteiger partial charge in [-0.05, 0) is 29.8 Å². The van der Waals surface area contributed by atoms with Crippen LogP contribution >= 0.6 is 0 Å². The summed E-state index contributed by atoms with van der Waals surface area (Å²) in [5.41, 5.74) is 1.88. The van der Waals surface area contributed by atoms with E-state index < -0.39 is 14.4 Å². The van der Waals surface area contributed by atoms with Crippen LogP contribution in [-0.2, 0) is 11.0 Å². The van der Waals surface area contributed by atoms with E-state index in [2.05, 4.69) is 33.9 Å². The molecule has 1 unspecified atom stereocenters. The highest BCUT2D eigenvalue weighted by Crippen LogP contribution is 2.37. The number of aliphatic hydroxyl groups is 1. The zero-order valence-corrected chi connectivity index (χ0v) is 17.0. The van der Waals surface area contributed by atoms with Crippen LogP contribution in [0.15, 0.2) is 54.6 Å². The maximum Gasteiger partial charge on any atom is 0.192 e. The third kappa shape index (κ3) is 5.43. The van der Waals surface area contributed by atoms with E-state index in [0.29, 0.717) is 19.0 Å². The minimum absolute atomic E-state index is 0.121. The molecule has 0 bridgehead atoms. The van der Waals surface area contributed by atoms with Crippen molar-refractivity contribution >= 4 is 8.32 Å². The van der Waals surface area contributed by atoms with Crippen LogP contribution < -0.4 is 4.74 Å². The largest absolute Gasteiger partial charge is 0.489 e. The van der Waals surface area contributed by atoms with E-state index >= 15 is 0 Å². The van der Waals surface area contributed by atoms with Crippen LogP contribution in [0.2, 0.25) is 18.1 Å². The Morgan fingerprint density at radius 3 is 2.20 bits per heavy atom. The maximum atomic E-state index is 10.6. The smallest absolute Gasteiger partial charge is 0.192 e. The van der Waals surface area contributed by atoms with Gasteiger partial charge >= 0.3 is 0 Å². The number of rotatable bonds is 7. The maximum absolute atomic E-state index is 10.6. The van der Waals surface area contributed by atoms with Gasteiger partial charge in [-0.15, -0.1) is 0 Å². The zero-order valence-electron chi connectivity index (χ0n) is 16.0. The molecule has 1 atom stereocenters. The Hall–Kier alpha value is -1.62. The minimum atomic E-state index is -1.89. The van der Waals surface area contributed by atoms with Gasteiger partial charge in [-0.1, -0.05) is 69.3 Å². The molecule has 1 N–H and O–H groups in total. The van der Waals surface area contributed by atoms with E-state index in [1.807, 2.05) is 54.6 Å². The Morgan fingerprint density at radius 1 is 0.960 bits per heavy atom. The monoisotopic (exact) mass is 358 g/mol. The summed E-state index contributed by atoms with van der Waals surface area (Å²) in [7, 11) is -1.89. The molecule has 2 aromatic rings. The fourth-order valence-electron chi connectivity index (χ4n) is 2.22. The molecule has 3 nitrogen and oxygen atoms in total. The van der Waals surface area contributed by atoms with Crippen molar-refractivity contribution in [2.45, 2.75) is 51.6 Å². The zero-order chi connectivity index (χ0) is 18.5. The summed E-state index contributed by atoms with van der Waals surface area (Å²) in [5.74, 6) is 0.706. The summed E-state index contributed by atoms with van der Waals surface area (Å²) >= 11 is 0. The number of hydrogen-bond acceptors (Lipinski definition) is 3. The molecule has 0 saturated heterocycles. The molecule has 2 rings (SSSR count). The van der Waals surface area contributed by atoms with E-state index in [4.69, 9.17) is 9.16 Å². The van der Waals surface area contributed by atoms with E-state index in [1.165, 1.54) is 0 Å². The topological polar surface area (TPSA) is 38.7 Å². The highest BCUT2D eigenvalue weighted by Gasteiger charge is 2.37. The van der Waals surface area contributed by atoms with Crippen molar-refractivity contribution in [3.63, 3.8) is 0 Å². The van der Waals surface area contributed by atoms with Crippen molar-refractivity contribution in [1.29, 1.82) is 0 Å². The summed E-state index contributed by atoms with van der Waals surface area (Å²) in [5, 5.41) is 10.8. The predicted molar refractivity (Wildman–Crippen MR) is 105 cm³/mol. The molecule has 0 aromatic heterocycles. The van der Waals surface area contributed by atoms with Gasteiger partial charge < -0.3 is 14.3 Å². The average molecular weight is 359 g/mol. The van der Waals surface area contributed by atoms with Crippen LogP contribution in [0.5, 0.6) is 5.75 Å². The molecule has 0 radical (unpaired) electrons. The van der Waals surface area contributed by atoms with Crippen LogP contribution in [0.25, 0.3) is 0 Å². The summed E-state index contributed by atoms with van der Waals surface area (Å²) in [6.07, 6.45) is -0.693. The molecular formula is C21H30O3Si. The van der Waals surface area contributed by atoms with E-state index in [9.17, 15) is 5.11 Å². The second-order valence-corrected chi connectivity index (χ2v) is 12.7. The lowest BCUT2D eigenvalue weighted by Gasteiger charge is -2.36. The van der Waals surface area contributed by atoms with Gasteiger partial charge in [-0.3, -0.25) is 0 Å². The van der Waals surface area contributed by atoms with E-state index in [1.54, 1.807) is 0 Å². The highest BCUT2D eigenvalue weighted by molar-refractivity contribution is 6.74. The summed E-state index contributed by atoms with van der Waals surface area (Å²) < 4.78 is 12.1. The number of ether oxygens (including phenoxy) is 1. The van der Waals surface area contributed by atoms with E-state index in [0.717, 1.165) is 11.1 Å². The quantitative estimate of drug-likeness (QED) is 0.681. The first-order chi connectivity index (χ1) is 11.7. The summed E-state index contributed by atoms with van der Waals surface area (Å²) in [6.45, 7) is 11.7. The second-order valence-electron chi connectivity index (χ2n) is 7.90. The molecule has 136 valence electrons. The van der Waals surface area contributed by atoms with Gasteiger partial charge in [0, 0.05) is 5.56 Å². The fourth-order valence-corrected chi connectivity index (χ4v) is 3.22. The Morgan fingerprint density at radius 2 is 1.56 bits per heavy atom. The number of para-hydroxylation sites is 1. The third-order valence-electron chi connectivity index (χ3n) is 4.92. The van der Waals surface area contributed by atoms with Crippen LogP contribution in [0, 0.1) is 0 Å². The first-order valence-electron chi connectivity index (χ1n) is 8.78. The second kappa shape index (κ2) is 8.17. The Labute approximate surface area is 152 Å². The van der Waals surface area contributed by atoms with Crippen LogP contribution in [0.4, 0.5) is 0 Å². The Kier molecular flexibility index (Phi) is 6.44.